The van der Waals surface area contributed by atoms with Gasteiger partial charge in [0.05, 0.1) is 28.7 Å². The molecule has 2 aromatic rings. The molecule has 2 N–H and O–H groups in total. The first kappa shape index (κ1) is 23.2. The Labute approximate surface area is 186 Å². The van der Waals surface area contributed by atoms with Crippen molar-refractivity contribution in [1.82, 2.24) is 9.62 Å². The number of aryl methyl sites for hydroxylation is 1. The van der Waals surface area contributed by atoms with E-state index >= 15 is 0 Å². The zero-order chi connectivity index (χ0) is 22.4. The van der Waals surface area contributed by atoms with E-state index in [1.54, 1.807) is 36.4 Å². The van der Waals surface area contributed by atoms with E-state index in [1.165, 1.54) is 17.4 Å². The highest BCUT2D eigenvalue weighted by Gasteiger charge is 2.26. The minimum atomic E-state index is -3.54. The smallest absolute Gasteiger partial charge is 0.252 e. The monoisotopic (exact) mass is 465 g/mol. The molecular weight excluding hydrogens is 442 g/mol. The Morgan fingerprint density at radius 2 is 1.77 bits per heavy atom. The Hall–Kier alpha value is -2.46. The SMILES string of the molecule is CNC(=O)c1cc(NC(=O)CCc2ccc(S(=O)(=O)N3CCOCC3)cc2)ccc1Cl. The van der Waals surface area contributed by atoms with Crippen molar-refractivity contribution in [3.63, 3.8) is 0 Å². The number of morpholine rings is 1. The number of hydrogen-bond acceptors (Lipinski definition) is 5. The van der Waals surface area contributed by atoms with Gasteiger partial charge in [0, 0.05) is 32.2 Å². The van der Waals surface area contributed by atoms with Gasteiger partial charge in [-0.1, -0.05) is 23.7 Å². The van der Waals surface area contributed by atoms with E-state index in [9.17, 15) is 18.0 Å². The highest BCUT2D eigenvalue weighted by molar-refractivity contribution is 7.89. The van der Waals surface area contributed by atoms with Crippen molar-refractivity contribution in [2.45, 2.75) is 17.7 Å². The molecule has 0 bridgehead atoms. The van der Waals surface area contributed by atoms with Crippen molar-refractivity contribution in [2.24, 2.45) is 0 Å². The molecule has 0 unspecified atom stereocenters. The molecule has 1 aliphatic rings. The molecule has 0 spiro atoms. The van der Waals surface area contributed by atoms with E-state index in [-0.39, 0.29) is 28.7 Å². The average Bonchev–Trinajstić information content (AvgIpc) is 2.79. The van der Waals surface area contributed by atoms with Crippen molar-refractivity contribution in [3.05, 3.63) is 58.6 Å². The number of anilines is 1. The van der Waals surface area contributed by atoms with Crippen LogP contribution in [0.2, 0.25) is 5.02 Å². The van der Waals surface area contributed by atoms with Crippen molar-refractivity contribution < 1.29 is 22.7 Å². The number of benzene rings is 2. The number of halogens is 1. The Kier molecular flexibility index (Phi) is 7.66. The van der Waals surface area contributed by atoms with Crippen LogP contribution in [-0.4, -0.2) is 57.9 Å². The molecule has 166 valence electrons. The Morgan fingerprint density at radius 3 is 2.42 bits per heavy atom. The van der Waals surface area contributed by atoms with Crippen LogP contribution in [0.4, 0.5) is 5.69 Å². The summed E-state index contributed by atoms with van der Waals surface area (Å²) < 4.78 is 31.9. The number of amides is 2. The van der Waals surface area contributed by atoms with Gasteiger partial charge >= 0.3 is 0 Å². The zero-order valence-corrected chi connectivity index (χ0v) is 18.6. The first-order valence-corrected chi connectivity index (χ1v) is 11.6. The molecule has 2 amide bonds. The first-order chi connectivity index (χ1) is 14.8. The normalized spacial score (nSPS) is 14.8. The number of nitrogens with one attached hydrogen (secondary N) is 2. The molecule has 1 aliphatic heterocycles. The second-order valence-corrected chi connectivity index (χ2v) is 9.33. The molecule has 1 saturated heterocycles. The molecule has 0 radical (unpaired) electrons. The second-order valence-electron chi connectivity index (χ2n) is 6.98. The molecule has 0 aromatic heterocycles. The van der Waals surface area contributed by atoms with E-state index in [0.29, 0.717) is 43.4 Å². The molecule has 2 aromatic carbocycles. The summed E-state index contributed by atoms with van der Waals surface area (Å²) >= 11 is 6.02. The van der Waals surface area contributed by atoms with Gasteiger partial charge in [-0.2, -0.15) is 4.31 Å². The molecule has 31 heavy (non-hydrogen) atoms. The summed E-state index contributed by atoms with van der Waals surface area (Å²) in [5.74, 6) is -0.566. The maximum Gasteiger partial charge on any atom is 0.252 e. The van der Waals surface area contributed by atoms with Gasteiger partial charge in [0.2, 0.25) is 15.9 Å². The van der Waals surface area contributed by atoms with E-state index in [1.807, 2.05) is 0 Å². The third-order valence-corrected chi connectivity index (χ3v) is 7.14. The number of ether oxygens (including phenoxy) is 1. The van der Waals surface area contributed by atoms with Crippen molar-refractivity contribution in [3.8, 4) is 0 Å². The fraction of sp³-hybridized carbons (Fsp3) is 0.333. The molecule has 10 heteroatoms. The average molecular weight is 466 g/mol. The lowest BCUT2D eigenvalue weighted by atomic mass is 10.1. The summed E-state index contributed by atoms with van der Waals surface area (Å²) in [6.07, 6.45) is 0.646. The summed E-state index contributed by atoms with van der Waals surface area (Å²) in [6.45, 7) is 1.47. The molecule has 0 saturated carbocycles. The van der Waals surface area contributed by atoms with Crippen molar-refractivity contribution in [1.29, 1.82) is 0 Å². The predicted molar refractivity (Wildman–Crippen MR) is 118 cm³/mol. The number of carbonyl (C=O) groups is 2. The van der Waals surface area contributed by atoms with Gasteiger partial charge in [-0.05, 0) is 42.3 Å². The van der Waals surface area contributed by atoms with Crippen molar-refractivity contribution >= 4 is 39.1 Å². The van der Waals surface area contributed by atoms with E-state index in [4.69, 9.17) is 16.3 Å². The van der Waals surface area contributed by atoms with Crippen LogP contribution in [0.5, 0.6) is 0 Å². The van der Waals surface area contributed by atoms with Crippen LogP contribution in [0.25, 0.3) is 0 Å². The maximum atomic E-state index is 12.7. The summed E-state index contributed by atoms with van der Waals surface area (Å²) in [7, 11) is -2.04. The summed E-state index contributed by atoms with van der Waals surface area (Å²) in [5.41, 5.74) is 1.59. The minimum absolute atomic E-state index is 0.202. The molecule has 0 atom stereocenters. The van der Waals surface area contributed by atoms with Gasteiger partial charge in [0.25, 0.3) is 5.91 Å². The highest BCUT2D eigenvalue weighted by Crippen LogP contribution is 2.21. The molecule has 8 nitrogen and oxygen atoms in total. The van der Waals surface area contributed by atoms with E-state index in [2.05, 4.69) is 10.6 Å². The Morgan fingerprint density at radius 1 is 1.10 bits per heavy atom. The molecule has 1 fully saturated rings. The van der Waals surface area contributed by atoms with Gasteiger partial charge in [0.1, 0.15) is 0 Å². The summed E-state index contributed by atoms with van der Waals surface area (Å²) in [4.78, 5) is 24.3. The van der Waals surface area contributed by atoms with Crippen LogP contribution in [0.1, 0.15) is 22.3 Å². The molecule has 0 aliphatic carbocycles. The fourth-order valence-electron chi connectivity index (χ4n) is 3.16. The standard InChI is InChI=1S/C21H24ClN3O5S/c1-23-21(27)18-14-16(5-8-19(18)22)24-20(26)9-4-15-2-6-17(7-3-15)31(28,29)25-10-12-30-13-11-25/h2-3,5-8,14H,4,9-13H2,1H3,(H,23,27)(H,24,26). The van der Waals surface area contributed by atoms with Crippen LogP contribution >= 0.6 is 11.6 Å². The lowest BCUT2D eigenvalue weighted by Crippen LogP contribution is -2.40. The predicted octanol–water partition coefficient (Wildman–Crippen LogP) is 2.29. The summed E-state index contributed by atoms with van der Waals surface area (Å²) in [6, 6.07) is 11.2. The molecule has 1 heterocycles. The molecular formula is C21H24ClN3O5S. The Bertz CT molecular complexity index is 1050. The van der Waals surface area contributed by atoms with Gasteiger partial charge < -0.3 is 15.4 Å². The first-order valence-electron chi connectivity index (χ1n) is 9.79. The second kappa shape index (κ2) is 10.2. The number of sulfonamides is 1. The van der Waals surface area contributed by atoms with Crippen molar-refractivity contribution in [2.75, 3.05) is 38.7 Å². The third kappa shape index (κ3) is 5.82. The van der Waals surface area contributed by atoms with E-state index in [0.717, 1.165) is 5.56 Å². The lowest BCUT2D eigenvalue weighted by molar-refractivity contribution is -0.116. The number of rotatable bonds is 7. The number of nitrogens with zero attached hydrogens (tertiary/aromatic N) is 1. The van der Waals surface area contributed by atoms with Crippen LogP contribution in [0, 0.1) is 0 Å². The number of hydrogen-bond donors (Lipinski definition) is 2. The fourth-order valence-corrected chi connectivity index (χ4v) is 4.77. The third-order valence-electron chi connectivity index (χ3n) is 4.89. The maximum absolute atomic E-state index is 12.7. The minimum Gasteiger partial charge on any atom is -0.379 e. The van der Waals surface area contributed by atoms with Gasteiger partial charge in [-0.15, -0.1) is 0 Å². The van der Waals surface area contributed by atoms with Crippen LogP contribution < -0.4 is 10.6 Å². The van der Waals surface area contributed by atoms with Crippen LogP contribution in [0.3, 0.4) is 0 Å². The Balaban J connectivity index is 1.58. The van der Waals surface area contributed by atoms with Gasteiger partial charge in [-0.3, -0.25) is 9.59 Å². The van der Waals surface area contributed by atoms with Crippen LogP contribution in [-0.2, 0) is 26.0 Å². The quantitative estimate of drug-likeness (QED) is 0.652. The van der Waals surface area contributed by atoms with Gasteiger partial charge in [0.15, 0.2) is 0 Å². The summed E-state index contributed by atoms with van der Waals surface area (Å²) in [5, 5.41) is 5.54. The van der Waals surface area contributed by atoms with Crippen LogP contribution in [0.15, 0.2) is 47.4 Å². The van der Waals surface area contributed by atoms with Gasteiger partial charge in [-0.25, -0.2) is 8.42 Å². The zero-order valence-electron chi connectivity index (χ0n) is 17.1. The lowest BCUT2D eigenvalue weighted by Gasteiger charge is -2.26. The highest BCUT2D eigenvalue weighted by atomic mass is 35.5. The molecule has 3 rings (SSSR count). The van der Waals surface area contributed by atoms with E-state index < -0.39 is 10.0 Å². The number of carbonyl (C=O) groups excluding carboxylic acids is 2. The largest absolute Gasteiger partial charge is 0.379 e. The topological polar surface area (TPSA) is 105 Å².